The molecule has 0 radical (unpaired) electrons. The van der Waals surface area contributed by atoms with Crippen molar-refractivity contribution in [2.45, 2.75) is 39.3 Å². The third-order valence-electron chi connectivity index (χ3n) is 3.90. The molecule has 172 valence electrons. The van der Waals surface area contributed by atoms with E-state index in [-0.39, 0.29) is 37.9 Å². The molecule has 9 heteroatoms. The second-order valence-corrected chi connectivity index (χ2v) is 8.38. The summed E-state index contributed by atoms with van der Waals surface area (Å²) in [4.78, 5) is 35.7. The molecule has 0 spiro atoms. The quantitative estimate of drug-likeness (QED) is 0.525. The number of nitrogens with one attached hydrogen (secondary N) is 3. The summed E-state index contributed by atoms with van der Waals surface area (Å²) >= 11 is 5.81. The predicted molar refractivity (Wildman–Crippen MR) is 123 cm³/mol. The van der Waals surface area contributed by atoms with Crippen LogP contribution < -0.4 is 20.7 Å². The van der Waals surface area contributed by atoms with E-state index < -0.39 is 11.7 Å². The summed E-state index contributed by atoms with van der Waals surface area (Å²) in [7, 11) is 0. The van der Waals surface area contributed by atoms with Crippen molar-refractivity contribution in [3.8, 4) is 5.75 Å². The molecule has 0 aromatic heterocycles. The van der Waals surface area contributed by atoms with Gasteiger partial charge in [-0.2, -0.15) is 0 Å². The molecule has 0 aliphatic rings. The second kappa shape index (κ2) is 12.0. The van der Waals surface area contributed by atoms with Gasteiger partial charge in [-0.1, -0.05) is 23.7 Å². The number of alkyl carbamates (subject to hydrolysis) is 1. The number of anilines is 1. The van der Waals surface area contributed by atoms with E-state index in [1.54, 1.807) is 63.2 Å². The van der Waals surface area contributed by atoms with Crippen LogP contribution in [0.25, 0.3) is 0 Å². The Balaban J connectivity index is 1.71. The van der Waals surface area contributed by atoms with Gasteiger partial charge in [-0.15, -0.1) is 0 Å². The molecule has 2 aromatic rings. The largest absolute Gasteiger partial charge is 0.484 e. The van der Waals surface area contributed by atoms with Crippen LogP contribution in [0.15, 0.2) is 48.5 Å². The highest BCUT2D eigenvalue weighted by molar-refractivity contribution is 6.30. The van der Waals surface area contributed by atoms with Crippen LogP contribution in [-0.4, -0.2) is 36.7 Å². The van der Waals surface area contributed by atoms with E-state index in [2.05, 4.69) is 16.0 Å². The molecule has 3 N–H and O–H groups in total. The van der Waals surface area contributed by atoms with E-state index in [0.29, 0.717) is 16.5 Å². The van der Waals surface area contributed by atoms with Crippen molar-refractivity contribution >= 4 is 35.2 Å². The van der Waals surface area contributed by atoms with Crippen molar-refractivity contribution in [1.82, 2.24) is 10.6 Å². The Morgan fingerprint density at radius 2 is 1.69 bits per heavy atom. The van der Waals surface area contributed by atoms with E-state index in [1.807, 2.05) is 6.07 Å². The van der Waals surface area contributed by atoms with Crippen LogP contribution in [0, 0.1) is 0 Å². The monoisotopic (exact) mass is 461 g/mol. The molecule has 0 aliphatic carbocycles. The number of ether oxygens (including phenoxy) is 2. The van der Waals surface area contributed by atoms with E-state index in [0.717, 1.165) is 5.56 Å². The van der Waals surface area contributed by atoms with Crippen LogP contribution in [-0.2, 0) is 20.9 Å². The topological polar surface area (TPSA) is 106 Å². The van der Waals surface area contributed by atoms with Gasteiger partial charge in [0.15, 0.2) is 6.61 Å². The lowest BCUT2D eigenvalue weighted by atomic mass is 10.2. The molecule has 0 saturated heterocycles. The minimum absolute atomic E-state index is 0.0994. The third kappa shape index (κ3) is 10.2. The zero-order chi connectivity index (χ0) is 23.6. The zero-order valence-electron chi connectivity index (χ0n) is 18.4. The number of hydrogen-bond donors (Lipinski definition) is 3. The first-order chi connectivity index (χ1) is 15.1. The van der Waals surface area contributed by atoms with Gasteiger partial charge in [-0.3, -0.25) is 9.59 Å². The van der Waals surface area contributed by atoms with Crippen LogP contribution >= 0.6 is 11.6 Å². The minimum atomic E-state index is -0.593. The summed E-state index contributed by atoms with van der Waals surface area (Å²) in [6.45, 7) is 5.61. The van der Waals surface area contributed by atoms with Crippen molar-refractivity contribution in [1.29, 1.82) is 0 Å². The van der Waals surface area contributed by atoms with Gasteiger partial charge < -0.3 is 25.4 Å². The zero-order valence-corrected chi connectivity index (χ0v) is 19.1. The Hall–Kier alpha value is -3.26. The molecule has 0 bridgehead atoms. The maximum atomic E-state index is 12.1. The van der Waals surface area contributed by atoms with E-state index in [4.69, 9.17) is 21.1 Å². The van der Waals surface area contributed by atoms with Gasteiger partial charge in [-0.25, -0.2) is 4.79 Å². The summed E-state index contributed by atoms with van der Waals surface area (Å²) in [6.07, 6.45) is -0.467. The highest BCUT2D eigenvalue weighted by Crippen LogP contribution is 2.15. The maximum absolute atomic E-state index is 12.1. The molecule has 0 unspecified atom stereocenters. The molecule has 0 fully saturated rings. The Bertz CT molecular complexity index is 926. The lowest BCUT2D eigenvalue weighted by Crippen LogP contribution is -2.34. The molecule has 2 rings (SSSR count). The van der Waals surface area contributed by atoms with Gasteiger partial charge in [0.2, 0.25) is 5.91 Å². The number of carbonyl (C=O) groups is 3. The lowest BCUT2D eigenvalue weighted by molar-refractivity contribution is -0.123. The molecule has 0 heterocycles. The number of carbonyl (C=O) groups excluding carboxylic acids is 3. The van der Waals surface area contributed by atoms with Gasteiger partial charge in [0.25, 0.3) is 5.91 Å². The smallest absolute Gasteiger partial charge is 0.407 e. The standard InChI is InChI=1S/C23H28ClN3O5/c1-23(2,3)32-22(30)25-12-11-20(28)27-18-6-4-5-16(13-18)14-26-21(29)15-31-19-9-7-17(24)8-10-19/h4-10,13H,11-12,14-15H2,1-3H3,(H,25,30)(H,26,29)(H,27,28). The fourth-order valence-electron chi connectivity index (χ4n) is 2.51. The van der Waals surface area contributed by atoms with Crippen LogP contribution in [0.5, 0.6) is 5.75 Å². The van der Waals surface area contributed by atoms with Crippen molar-refractivity contribution in [3.05, 3.63) is 59.1 Å². The summed E-state index contributed by atoms with van der Waals surface area (Å²) in [5, 5.41) is 8.66. The van der Waals surface area contributed by atoms with Crippen LogP contribution in [0.1, 0.15) is 32.8 Å². The molecule has 32 heavy (non-hydrogen) atoms. The Morgan fingerprint density at radius 1 is 0.969 bits per heavy atom. The minimum Gasteiger partial charge on any atom is -0.484 e. The molecular weight excluding hydrogens is 434 g/mol. The van der Waals surface area contributed by atoms with Gasteiger partial charge in [0.05, 0.1) is 0 Å². The molecule has 0 aliphatic heterocycles. The van der Waals surface area contributed by atoms with E-state index >= 15 is 0 Å². The SMILES string of the molecule is CC(C)(C)OC(=O)NCCC(=O)Nc1cccc(CNC(=O)COc2ccc(Cl)cc2)c1. The first kappa shape index (κ1) is 25.0. The third-order valence-corrected chi connectivity index (χ3v) is 4.16. The van der Waals surface area contributed by atoms with Gasteiger partial charge in [0, 0.05) is 30.2 Å². The number of amides is 3. The van der Waals surface area contributed by atoms with Crippen molar-refractivity contribution in [2.24, 2.45) is 0 Å². The lowest BCUT2D eigenvalue weighted by Gasteiger charge is -2.19. The molecule has 8 nitrogen and oxygen atoms in total. The first-order valence-corrected chi connectivity index (χ1v) is 10.5. The van der Waals surface area contributed by atoms with Crippen LogP contribution in [0.2, 0.25) is 5.02 Å². The summed E-state index contributed by atoms with van der Waals surface area (Å²) in [5.41, 5.74) is 0.815. The highest BCUT2D eigenvalue weighted by atomic mass is 35.5. The number of hydrogen-bond acceptors (Lipinski definition) is 5. The number of halogens is 1. The van der Waals surface area contributed by atoms with Crippen LogP contribution in [0.3, 0.4) is 0 Å². The average Bonchev–Trinajstić information content (AvgIpc) is 2.71. The van der Waals surface area contributed by atoms with Crippen molar-refractivity contribution in [2.75, 3.05) is 18.5 Å². The summed E-state index contributed by atoms with van der Waals surface area (Å²) < 4.78 is 10.5. The fraction of sp³-hybridized carbons (Fsp3) is 0.348. The van der Waals surface area contributed by atoms with E-state index in [1.165, 1.54) is 0 Å². The Kier molecular flexibility index (Phi) is 9.34. The predicted octanol–water partition coefficient (Wildman–Crippen LogP) is 3.89. The molecule has 3 amide bonds. The van der Waals surface area contributed by atoms with Gasteiger partial charge in [-0.05, 0) is 62.7 Å². The molecule has 0 saturated carbocycles. The van der Waals surface area contributed by atoms with E-state index in [9.17, 15) is 14.4 Å². The number of rotatable bonds is 9. The van der Waals surface area contributed by atoms with Crippen molar-refractivity contribution in [3.63, 3.8) is 0 Å². The Morgan fingerprint density at radius 3 is 2.38 bits per heavy atom. The Labute approximate surface area is 192 Å². The summed E-state index contributed by atoms with van der Waals surface area (Å²) in [6, 6.07) is 13.9. The second-order valence-electron chi connectivity index (χ2n) is 7.95. The summed E-state index contributed by atoms with van der Waals surface area (Å²) in [5.74, 6) is 0.0247. The highest BCUT2D eigenvalue weighted by Gasteiger charge is 2.16. The van der Waals surface area contributed by atoms with Gasteiger partial charge in [0.1, 0.15) is 11.4 Å². The maximum Gasteiger partial charge on any atom is 0.407 e. The molecular formula is C23H28ClN3O5. The normalized spacial score (nSPS) is 10.8. The average molecular weight is 462 g/mol. The van der Waals surface area contributed by atoms with Crippen molar-refractivity contribution < 1.29 is 23.9 Å². The molecule has 2 aromatic carbocycles. The first-order valence-electron chi connectivity index (χ1n) is 10.1. The van der Waals surface area contributed by atoms with Gasteiger partial charge >= 0.3 is 6.09 Å². The molecule has 0 atom stereocenters. The fourth-order valence-corrected chi connectivity index (χ4v) is 2.63. The van der Waals surface area contributed by atoms with Crippen LogP contribution in [0.4, 0.5) is 10.5 Å². The number of benzene rings is 2.